The van der Waals surface area contributed by atoms with Crippen molar-refractivity contribution in [2.24, 2.45) is 0 Å². The Bertz CT molecular complexity index is 660. The average molecular weight is 338 g/mol. The van der Waals surface area contributed by atoms with Crippen LogP contribution in [0.25, 0.3) is 0 Å². The zero-order valence-electron chi connectivity index (χ0n) is 14.1. The van der Waals surface area contributed by atoms with E-state index in [1.54, 1.807) is 17.0 Å². The first-order chi connectivity index (χ1) is 10.9. The summed E-state index contributed by atoms with van der Waals surface area (Å²) in [6.07, 6.45) is 3.54. The fourth-order valence-electron chi connectivity index (χ4n) is 2.51. The molecule has 6 heteroatoms. The van der Waals surface area contributed by atoms with E-state index in [0.29, 0.717) is 18.7 Å². The standard InChI is InChI=1S/C17H26N2O3S/c1-4-10-19(11-5-2)17(20)16-12-15(9-6-13(16)3)23(21,22)18-14-7-8-14/h6,9,12,14,18H,4-5,7-8,10-11H2,1-3H3. The fourth-order valence-corrected chi connectivity index (χ4v) is 3.84. The van der Waals surface area contributed by atoms with Gasteiger partial charge in [0, 0.05) is 24.7 Å². The van der Waals surface area contributed by atoms with E-state index in [0.717, 1.165) is 31.2 Å². The first kappa shape index (κ1) is 17.9. The molecular formula is C17H26N2O3S. The Balaban J connectivity index is 2.30. The zero-order chi connectivity index (χ0) is 17.0. The highest BCUT2D eigenvalue weighted by Crippen LogP contribution is 2.23. The number of sulfonamides is 1. The van der Waals surface area contributed by atoms with Gasteiger partial charge in [0.2, 0.25) is 10.0 Å². The smallest absolute Gasteiger partial charge is 0.254 e. The lowest BCUT2D eigenvalue weighted by molar-refractivity contribution is 0.0754. The van der Waals surface area contributed by atoms with Crippen LogP contribution in [-0.2, 0) is 10.0 Å². The van der Waals surface area contributed by atoms with Gasteiger partial charge in [0.05, 0.1) is 4.90 Å². The summed E-state index contributed by atoms with van der Waals surface area (Å²) in [6.45, 7) is 7.27. The van der Waals surface area contributed by atoms with Crippen molar-refractivity contribution < 1.29 is 13.2 Å². The van der Waals surface area contributed by atoms with E-state index in [1.165, 1.54) is 6.07 Å². The largest absolute Gasteiger partial charge is 0.339 e. The quantitative estimate of drug-likeness (QED) is 0.792. The van der Waals surface area contributed by atoms with Gasteiger partial charge in [-0.1, -0.05) is 19.9 Å². The molecule has 1 fully saturated rings. The summed E-state index contributed by atoms with van der Waals surface area (Å²) >= 11 is 0. The van der Waals surface area contributed by atoms with Crippen LogP contribution in [0.3, 0.4) is 0 Å². The van der Waals surface area contributed by atoms with Crippen molar-refractivity contribution in [1.29, 1.82) is 0 Å². The van der Waals surface area contributed by atoms with Gasteiger partial charge in [-0.3, -0.25) is 4.79 Å². The summed E-state index contributed by atoms with van der Waals surface area (Å²) in [5, 5.41) is 0. The molecule has 0 atom stereocenters. The molecule has 0 saturated heterocycles. The number of rotatable bonds is 8. The lowest BCUT2D eigenvalue weighted by Crippen LogP contribution is -2.33. The minimum absolute atomic E-state index is 0.0529. The molecule has 0 spiro atoms. The molecule has 1 saturated carbocycles. The number of amides is 1. The third-order valence-corrected chi connectivity index (χ3v) is 5.44. The second-order valence-corrected chi connectivity index (χ2v) is 7.88. The second-order valence-electron chi connectivity index (χ2n) is 6.16. The van der Waals surface area contributed by atoms with Crippen LogP contribution in [0.4, 0.5) is 0 Å². The van der Waals surface area contributed by atoms with E-state index in [4.69, 9.17) is 0 Å². The summed E-state index contributed by atoms with van der Waals surface area (Å²) in [5.74, 6) is -0.0883. The molecule has 23 heavy (non-hydrogen) atoms. The minimum Gasteiger partial charge on any atom is -0.339 e. The highest BCUT2D eigenvalue weighted by Gasteiger charge is 2.29. The molecule has 1 N–H and O–H groups in total. The van der Waals surface area contributed by atoms with Crippen molar-refractivity contribution in [3.8, 4) is 0 Å². The Morgan fingerprint density at radius 1 is 1.22 bits per heavy atom. The summed E-state index contributed by atoms with van der Waals surface area (Å²) < 4.78 is 27.4. The highest BCUT2D eigenvalue weighted by atomic mass is 32.2. The molecule has 2 rings (SSSR count). The lowest BCUT2D eigenvalue weighted by Gasteiger charge is -2.22. The van der Waals surface area contributed by atoms with E-state index >= 15 is 0 Å². The number of nitrogens with one attached hydrogen (secondary N) is 1. The van der Waals surface area contributed by atoms with Crippen molar-refractivity contribution in [3.05, 3.63) is 29.3 Å². The normalized spacial score (nSPS) is 14.7. The Labute approximate surface area is 139 Å². The van der Waals surface area contributed by atoms with Crippen LogP contribution in [0.15, 0.2) is 23.1 Å². The first-order valence-electron chi connectivity index (χ1n) is 8.31. The molecule has 0 unspecified atom stereocenters. The monoisotopic (exact) mass is 338 g/mol. The fraction of sp³-hybridized carbons (Fsp3) is 0.588. The Morgan fingerprint density at radius 2 is 1.83 bits per heavy atom. The molecule has 1 aliphatic carbocycles. The predicted octanol–water partition coefficient (Wildman–Crippen LogP) is 2.70. The summed E-state index contributed by atoms with van der Waals surface area (Å²) in [6, 6.07) is 4.85. The number of benzene rings is 1. The van der Waals surface area contributed by atoms with Gasteiger partial charge in [-0.05, 0) is 50.3 Å². The van der Waals surface area contributed by atoms with Gasteiger partial charge in [-0.25, -0.2) is 13.1 Å². The van der Waals surface area contributed by atoms with E-state index in [9.17, 15) is 13.2 Å². The zero-order valence-corrected chi connectivity index (χ0v) is 14.9. The van der Waals surface area contributed by atoms with E-state index in [1.807, 2.05) is 20.8 Å². The van der Waals surface area contributed by atoms with Crippen molar-refractivity contribution in [3.63, 3.8) is 0 Å². The molecule has 1 aromatic carbocycles. The first-order valence-corrected chi connectivity index (χ1v) is 9.79. The van der Waals surface area contributed by atoms with Gasteiger partial charge in [-0.2, -0.15) is 0 Å². The molecule has 0 radical (unpaired) electrons. The molecular weight excluding hydrogens is 312 g/mol. The molecule has 0 bridgehead atoms. The molecule has 1 aromatic rings. The van der Waals surface area contributed by atoms with Crippen LogP contribution in [0, 0.1) is 6.92 Å². The Kier molecular flexibility index (Phi) is 5.81. The summed E-state index contributed by atoms with van der Waals surface area (Å²) in [5.41, 5.74) is 1.28. The third kappa shape index (κ3) is 4.54. The number of hydrogen-bond donors (Lipinski definition) is 1. The van der Waals surface area contributed by atoms with E-state index in [2.05, 4.69) is 4.72 Å². The van der Waals surface area contributed by atoms with Gasteiger partial charge in [0.25, 0.3) is 5.91 Å². The van der Waals surface area contributed by atoms with Crippen LogP contribution >= 0.6 is 0 Å². The van der Waals surface area contributed by atoms with Gasteiger partial charge in [0.1, 0.15) is 0 Å². The van der Waals surface area contributed by atoms with Crippen LogP contribution in [0.1, 0.15) is 55.5 Å². The maximum atomic E-state index is 12.8. The van der Waals surface area contributed by atoms with Crippen LogP contribution in [-0.4, -0.2) is 38.4 Å². The molecule has 1 aliphatic rings. The van der Waals surface area contributed by atoms with E-state index < -0.39 is 10.0 Å². The number of aryl methyl sites for hydroxylation is 1. The van der Waals surface area contributed by atoms with Gasteiger partial charge < -0.3 is 4.90 Å². The predicted molar refractivity (Wildman–Crippen MR) is 91.0 cm³/mol. The number of carbonyl (C=O) groups excluding carboxylic acids is 1. The van der Waals surface area contributed by atoms with Crippen molar-refractivity contribution >= 4 is 15.9 Å². The Hall–Kier alpha value is -1.40. The number of nitrogens with zero attached hydrogens (tertiary/aromatic N) is 1. The molecule has 0 heterocycles. The summed E-state index contributed by atoms with van der Waals surface area (Å²) in [7, 11) is -3.54. The van der Waals surface area contributed by atoms with Crippen molar-refractivity contribution in [2.45, 2.75) is 57.4 Å². The maximum absolute atomic E-state index is 12.8. The molecule has 128 valence electrons. The van der Waals surface area contributed by atoms with Gasteiger partial charge >= 0.3 is 0 Å². The molecule has 1 amide bonds. The molecule has 5 nitrogen and oxygen atoms in total. The van der Waals surface area contributed by atoms with Crippen molar-refractivity contribution in [2.75, 3.05) is 13.1 Å². The lowest BCUT2D eigenvalue weighted by atomic mass is 10.1. The van der Waals surface area contributed by atoms with Gasteiger partial charge in [0.15, 0.2) is 0 Å². The highest BCUT2D eigenvalue weighted by molar-refractivity contribution is 7.89. The SMILES string of the molecule is CCCN(CCC)C(=O)c1cc(S(=O)(=O)NC2CC2)ccc1C. The minimum atomic E-state index is -3.54. The second kappa shape index (κ2) is 7.45. The van der Waals surface area contributed by atoms with Gasteiger partial charge in [-0.15, -0.1) is 0 Å². The summed E-state index contributed by atoms with van der Waals surface area (Å²) in [4.78, 5) is 14.7. The average Bonchev–Trinajstić information content (AvgIpc) is 3.30. The maximum Gasteiger partial charge on any atom is 0.254 e. The van der Waals surface area contributed by atoms with Crippen LogP contribution < -0.4 is 4.72 Å². The molecule has 0 aliphatic heterocycles. The number of hydrogen-bond acceptors (Lipinski definition) is 3. The van der Waals surface area contributed by atoms with Crippen molar-refractivity contribution in [1.82, 2.24) is 9.62 Å². The molecule has 0 aromatic heterocycles. The number of carbonyl (C=O) groups is 1. The Morgan fingerprint density at radius 3 is 2.35 bits per heavy atom. The topological polar surface area (TPSA) is 66.5 Å². The van der Waals surface area contributed by atoms with Crippen LogP contribution in [0.2, 0.25) is 0 Å². The third-order valence-electron chi connectivity index (χ3n) is 3.92. The van der Waals surface area contributed by atoms with Crippen LogP contribution in [0.5, 0.6) is 0 Å². The van der Waals surface area contributed by atoms with E-state index in [-0.39, 0.29) is 16.8 Å².